The minimum atomic E-state index is -0.295. The van der Waals surface area contributed by atoms with Crippen molar-refractivity contribution in [1.82, 2.24) is 5.43 Å². The zero-order chi connectivity index (χ0) is 20.4. The fourth-order valence-corrected chi connectivity index (χ4v) is 2.57. The summed E-state index contributed by atoms with van der Waals surface area (Å²) in [7, 11) is 0. The third kappa shape index (κ3) is 6.87. The van der Waals surface area contributed by atoms with Gasteiger partial charge in [-0.3, -0.25) is 9.59 Å². The van der Waals surface area contributed by atoms with Gasteiger partial charge in [0.25, 0.3) is 0 Å². The molecule has 0 aromatic heterocycles. The molecule has 6 heteroatoms. The van der Waals surface area contributed by atoms with E-state index in [4.69, 9.17) is 4.74 Å². The number of rotatable bonds is 9. The van der Waals surface area contributed by atoms with E-state index in [2.05, 4.69) is 15.8 Å². The first-order valence-electron chi connectivity index (χ1n) is 9.44. The van der Waals surface area contributed by atoms with Gasteiger partial charge in [-0.15, -0.1) is 0 Å². The highest BCUT2D eigenvalue weighted by Crippen LogP contribution is 2.16. The topological polar surface area (TPSA) is 79.8 Å². The molecule has 0 aliphatic heterocycles. The van der Waals surface area contributed by atoms with E-state index in [1.54, 1.807) is 24.3 Å². The van der Waals surface area contributed by atoms with Gasteiger partial charge < -0.3 is 10.1 Å². The van der Waals surface area contributed by atoms with E-state index in [1.165, 1.54) is 0 Å². The van der Waals surface area contributed by atoms with Crippen molar-refractivity contribution in [3.05, 3.63) is 60.2 Å². The fraction of sp³-hybridized carbons (Fsp3) is 0.318. The zero-order valence-corrected chi connectivity index (χ0v) is 16.6. The maximum atomic E-state index is 12.1. The summed E-state index contributed by atoms with van der Waals surface area (Å²) in [5.74, 6) is 0.383. The van der Waals surface area contributed by atoms with Crippen LogP contribution in [0.4, 0.5) is 5.69 Å². The van der Waals surface area contributed by atoms with E-state index in [9.17, 15) is 9.59 Å². The summed E-state index contributed by atoms with van der Waals surface area (Å²) in [6, 6.07) is 16.8. The lowest BCUT2D eigenvalue weighted by Gasteiger charge is -2.11. The van der Waals surface area contributed by atoms with Gasteiger partial charge in [-0.25, -0.2) is 5.43 Å². The predicted octanol–water partition coefficient (Wildman–Crippen LogP) is 3.98. The van der Waals surface area contributed by atoms with Crippen molar-refractivity contribution < 1.29 is 14.3 Å². The Morgan fingerprint density at radius 3 is 2.21 bits per heavy atom. The van der Waals surface area contributed by atoms with Crippen molar-refractivity contribution in [3.63, 3.8) is 0 Å². The minimum Gasteiger partial charge on any atom is -0.494 e. The van der Waals surface area contributed by atoms with E-state index in [0.717, 1.165) is 17.0 Å². The summed E-state index contributed by atoms with van der Waals surface area (Å²) < 4.78 is 5.36. The van der Waals surface area contributed by atoms with Crippen LogP contribution in [0.3, 0.4) is 0 Å². The third-order valence-corrected chi connectivity index (χ3v) is 3.95. The standard InChI is InChI=1S/C22H27N3O3/c1-4-28-19-12-10-18(11-13-19)23-20(26)14-15-21(27)24-25-22(16(2)3)17-8-6-5-7-9-17/h5-13,16H,4,14-15H2,1-3H3,(H,23,26)(H,24,27). The second-order valence-corrected chi connectivity index (χ2v) is 6.56. The molecule has 0 saturated carbocycles. The van der Waals surface area contributed by atoms with Crippen molar-refractivity contribution in [2.75, 3.05) is 11.9 Å². The number of benzene rings is 2. The van der Waals surface area contributed by atoms with Crippen molar-refractivity contribution in [3.8, 4) is 5.75 Å². The molecule has 0 fully saturated rings. The number of carbonyl (C=O) groups excluding carboxylic acids is 2. The normalized spacial score (nSPS) is 11.2. The summed E-state index contributed by atoms with van der Waals surface area (Å²) in [6.45, 7) is 6.53. The summed E-state index contributed by atoms with van der Waals surface area (Å²) in [4.78, 5) is 24.1. The molecule has 0 unspecified atom stereocenters. The van der Waals surface area contributed by atoms with Crippen LogP contribution in [0.5, 0.6) is 5.75 Å². The smallest absolute Gasteiger partial charge is 0.240 e. The SMILES string of the molecule is CCOc1ccc(NC(=O)CCC(=O)NN=C(c2ccccc2)C(C)C)cc1. The van der Waals surface area contributed by atoms with Gasteiger partial charge in [0.1, 0.15) is 5.75 Å². The first-order valence-corrected chi connectivity index (χ1v) is 9.44. The fourth-order valence-electron chi connectivity index (χ4n) is 2.57. The Labute approximate surface area is 166 Å². The van der Waals surface area contributed by atoms with Gasteiger partial charge in [0.15, 0.2) is 0 Å². The van der Waals surface area contributed by atoms with Crippen LogP contribution < -0.4 is 15.5 Å². The average Bonchev–Trinajstić information content (AvgIpc) is 2.69. The van der Waals surface area contributed by atoms with Gasteiger partial charge in [-0.2, -0.15) is 5.10 Å². The maximum absolute atomic E-state index is 12.1. The number of nitrogens with one attached hydrogen (secondary N) is 2. The highest BCUT2D eigenvalue weighted by molar-refractivity contribution is 6.02. The number of amides is 2. The third-order valence-electron chi connectivity index (χ3n) is 3.95. The Balaban J connectivity index is 1.83. The van der Waals surface area contributed by atoms with Crippen LogP contribution in [0, 0.1) is 5.92 Å². The van der Waals surface area contributed by atoms with Crippen LogP contribution in [-0.2, 0) is 9.59 Å². The first-order chi connectivity index (χ1) is 13.5. The number of carbonyl (C=O) groups is 2. The molecule has 2 N–H and O–H groups in total. The number of hydrogen-bond donors (Lipinski definition) is 2. The average molecular weight is 381 g/mol. The van der Waals surface area contributed by atoms with Gasteiger partial charge in [0, 0.05) is 18.5 Å². The lowest BCUT2D eigenvalue weighted by Crippen LogP contribution is -2.23. The molecule has 2 aromatic rings. The Hall–Kier alpha value is -3.15. The van der Waals surface area contributed by atoms with Crippen LogP contribution in [0.25, 0.3) is 0 Å². The molecule has 148 valence electrons. The molecule has 2 rings (SSSR count). The Kier molecular flexibility index (Phi) is 8.21. The van der Waals surface area contributed by atoms with Crippen LogP contribution in [0.15, 0.2) is 59.7 Å². The highest BCUT2D eigenvalue weighted by atomic mass is 16.5. The molecule has 2 aromatic carbocycles. The molecule has 0 bridgehead atoms. The van der Waals surface area contributed by atoms with Crippen LogP contribution in [0.1, 0.15) is 39.2 Å². The first kappa shape index (κ1) is 21.2. The number of anilines is 1. The molecule has 0 aliphatic rings. The number of hydrogen-bond acceptors (Lipinski definition) is 4. The number of hydrazone groups is 1. The van der Waals surface area contributed by atoms with Crippen molar-refractivity contribution in [2.45, 2.75) is 33.6 Å². The summed E-state index contributed by atoms with van der Waals surface area (Å²) >= 11 is 0. The second-order valence-electron chi connectivity index (χ2n) is 6.56. The number of ether oxygens (including phenoxy) is 1. The Morgan fingerprint density at radius 2 is 1.61 bits per heavy atom. The quantitative estimate of drug-likeness (QED) is 0.509. The van der Waals surface area contributed by atoms with E-state index < -0.39 is 0 Å². The second kappa shape index (κ2) is 10.9. The van der Waals surface area contributed by atoms with E-state index in [1.807, 2.05) is 51.1 Å². The Bertz CT molecular complexity index is 800. The molecular weight excluding hydrogens is 354 g/mol. The van der Waals surface area contributed by atoms with Crippen molar-refractivity contribution >= 4 is 23.2 Å². The maximum Gasteiger partial charge on any atom is 0.240 e. The molecule has 28 heavy (non-hydrogen) atoms. The van der Waals surface area contributed by atoms with Crippen LogP contribution in [0.2, 0.25) is 0 Å². The van der Waals surface area contributed by atoms with Gasteiger partial charge in [0.2, 0.25) is 11.8 Å². The molecule has 0 saturated heterocycles. The van der Waals surface area contributed by atoms with E-state index in [0.29, 0.717) is 12.3 Å². The minimum absolute atomic E-state index is 0.0620. The summed E-state index contributed by atoms with van der Waals surface area (Å²) in [6.07, 6.45) is 0.142. The summed E-state index contributed by atoms with van der Waals surface area (Å²) in [5, 5.41) is 7.02. The highest BCUT2D eigenvalue weighted by Gasteiger charge is 2.11. The lowest BCUT2D eigenvalue weighted by molar-refractivity contribution is -0.124. The van der Waals surface area contributed by atoms with E-state index >= 15 is 0 Å². The zero-order valence-electron chi connectivity index (χ0n) is 16.6. The lowest BCUT2D eigenvalue weighted by atomic mass is 10.0. The van der Waals surface area contributed by atoms with Gasteiger partial charge in [-0.1, -0.05) is 44.2 Å². The monoisotopic (exact) mass is 381 g/mol. The van der Waals surface area contributed by atoms with Crippen LogP contribution in [-0.4, -0.2) is 24.1 Å². The molecule has 0 atom stereocenters. The van der Waals surface area contributed by atoms with Crippen LogP contribution >= 0.6 is 0 Å². The molecule has 0 heterocycles. The Morgan fingerprint density at radius 1 is 0.964 bits per heavy atom. The molecule has 0 radical (unpaired) electrons. The molecular formula is C22H27N3O3. The molecule has 6 nitrogen and oxygen atoms in total. The predicted molar refractivity (Wildman–Crippen MR) is 111 cm³/mol. The van der Waals surface area contributed by atoms with Gasteiger partial charge in [-0.05, 0) is 42.7 Å². The molecule has 0 aliphatic carbocycles. The number of nitrogens with zero attached hydrogens (tertiary/aromatic N) is 1. The van der Waals surface area contributed by atoms with Crippen molar-refractivity contribution in [1.29, 1.82) is 0 Å². The van der Waals surface area contributed by atoms with Gasteiger partial charge in [0.05, 0.1) is 12.3 Å². The molecule has 0 spiro atoms. The molecule has 2 amide bonds. The summed E-state index contributed by atoms with van der Waals surface area (Å²) in [5.41, 5.74) is 4.98. The largest absolute Gasteiger partial charge is 0.494 e. The van der Waals surface area contributed by atoms with E-state index in [-0.39, 0.29) is 30.6 Å². The van der Waals surface area contributed by atoms with Gasteiger partial charge >= 0.3 is 0 Å². The van der Waals surface area contributed by atoms with Crippen molar-refractivity contribution in [2.24, 2.45) is 11.0 Å².